The molecule has 0 radical (unpaired) electrons. The quantitative estimate of drug-likeness (QED) is 0.809. The van der Waals surface area contributed by atoms with E-state index in [1.165, 1.54) is 6.07 Å². The summed E-state index contributed by atoms with van der Waals surface area (Å²) >= 11 is 0. The third kappa shape index (κ3) is 3.74. The molecule has 0 aliphatic heterocycles. The highest BCUT2D eigenvalue weighted by Crippen LogP contribution is 2.22. The van der Waals surface area contributed by atoms with Crippen LogP contribution < -0.4 is 10.0 Å². The van der Waals surface area contributed by atoms with Crippen LogP contribution in [0.4, 0.5) is 8.78 Å². The molecule has 0 unspecified atom stereocenters. The van der Waals surface area contributed by atoms with Gasteiger partial charge in [0.1, 0.15) is 4.90 Å². The zero-order chi connectivity index (χ0) is 14.8. The van der Waals surface area contributed by atoms with Crippen LogP contribution in [0.5, 0.6) is 0 Å². The van der Waals surface area contributed by atoms with Crippen LogP contribution in [-0.2, 0) is 16.6 Å². The lowest BCUT2D eigenvalue weighted by Crippen LogP contribution is -2.26. The maximum Gasteiger partial charge on any atom is 0.243 e. The van der Waals surface area contributed by atoms with E-state index in [1.54, 1.807) is 6.92 Å². The van der Waals surface area contributed by atoms with Crippen LogP contribution in [0, 0.1) is 11.6 Å². The first kappa shape index (κ1) is 15.3. The lowest BCUT2D eigenvalue weighted by molar-refractivity contribution is 0.480. The second kappa shape index (κ2) is 6.15. The van der Waals surface area contributed by atoms with Gasteiger partial charge in [0.25, 0.3) is 0 Å². The van der Waals surface area contributed by atoms with Gasteiger partial charge in [-0.2, -0.15) is 0 Å². The standard InChI is InChI=1S/C13H18F2N2O2S/c1-2-5-17-20(18,19)12-7-9(6-11(14)13(12)15)8-16-10-3-4-10/h6-7,10,16-17H,2-5,8H2,1H3. The fourth-order valence-corrected chi connectivity index (χ4v) is 3.05. The van der Waals surface area contributed by atoms with E-state index in [2.05, 4.69) is 10.0 Å². The van der Waals surface area contributed by atoms with Crippen molar-refractivity contribution >= 4 is 10.0 Å². The Hall–Kier alpha value is -1.05. The van der Waals surface area contributed by atoms with E-state index < -0.39 is 26.6 Å². The summed E-state index contributed by atoms with van der Waals surface area (Å²) in [6.07, 6.45) is 2.70. The molecule has 0 heterocycles. The van der Waals surface area contributed by atoms with Crippen LogP contribution >= 0.6 is 0 Å². The van der Waals surface area contributed by atoms with Gasteiger partial charge in [0.2, 0.25) is 10.0 Å². The number of hydrogen-bond acceptors (Lipinski definition) is 3. The number of benzene rings is 1. The lowest BCUT2D eigenvalue weighted by atomic mass is 10.2. The molecule has 0 amide bonds. The van der Waals surface area contributed by atoms with E-state index in [0.29, 0.717) is 24.6 Å². The first-order valence-electron chi connectivity index (χ1n) is 6.65. The normalized spacial score (nSPS) is 15.6. The van der Waals surface area contributed by atoms with Crippen molar-refractivity contribution in [3.05, 3.63) is 29.3 Å². The second-order valence-corrected chi connectivity index (χ2v) is 6.68. The number of halogens is 2. The molecule has 4 nitrogen and oxygen atoms in total. The van der Waals surface area contributed by atoms with E-state index >= 15 is 0 Å². The van der Waals surface area contributed by atoms with E-state index in [1.807, 2.05) is 0 Å². The highest BCUT2D eigenvalue weighted by Gasteiger charge is 2.24. The Balaban J connectivity index is 2.25. The predicted molar refractivity (Wildman–Crippen MR) is 71.7 cm³/mol. The second-order valence-electron chi connectivity index (χ2n) is 4.94. The van der Waals surface area contributed by atoms with Crippen LogP contribution in [-0.4, -0.2) is 21.0 Å². The summed E-state index contributed by atoms with van der Waals surface area (Å²) in [6.45, 7) is 2.31. The highest BCUT2D eigenvalue weighted by molar-refractivity contribution is 7.89. The molecule has 1 saturated carbocycles. The molecule has 0 saturated heterocycles. The molecule has 1 fully saturated rings. The molecule has 2 rings (SSSR count). The maximum absolute atomic E-state index is 13.7. The smallest absolute Gasteiger partial charge is 0.243 e. The van der Waals surface area contributed by atoms with Crippen LogP contribution in [0.15, 0.2) is 17.0 Å². The van der Waals surface area contributed by atoms with Crippen molar-refractivity contribution in [1.29, 1.82) is 0 Å². The number of hydrogen-bond donors (Lipinski definition) is 2. The van der Waals surface area contributed by atoms with Crippen LogP contribution in [0.2, 0.25) is 0 Å². The Kier molecular flexibility index (Phi) is 4.72. The summed E-state index contributed by atoms with van der Waals surface area (Å²) in [5.41, 5.74) is 0.424. The summed E-state index contributed by atoms with van der Waals surface area (Å²) in [5, 5.41) is 3.14. The van der Waals surface area contributed by atoms with Gasteiger partial charge in [-0.1, -0.05) is 6.92 Å². The van der Waals surface area contributed by atoms with Gasteiger partial charge in [-0.05, 0) is 37.0 Å². The summed E-state index contributed by atoms with van der Waals surface area (Å²) in [5.74, 6) is -2.47. The minimum atomic E-state index is -4.01. The molecule has 0 atom stereocenters. The number of sulfonamides is 1. The zero-order valence-corrected chi connectivity index (χ0v) is 12.1. The van der Waals surface area contributed by atoms with Gasteiger partial charge in [-0.25, -0.2) is 21.9 Å². The SMILES string of the molecule is CCCNS(=O)(=O)c1cc(CNC2CC2)cc(F)c1F. The molecule has 0 aromatic heterocycles. The van der Waals surface area contributed by atoms with E-state index in [9.17, 15) is 17.2 Å². The van der Waals surface area contributed by atoms with Crippen LogP contribution in [0.3, 0.4) is 0 Å². The molecular weight excluding hydrogens is 286 g/mol. The monoisotopic (exact) mass is 304 g/mol. The summed E-state index contributed by atoms with van der Waals surface area (Å²) < 4.78 is 53.3. The Labute approximate surface area is 117 Å². The van der Waals surface area contributed by atoms with Crippen molar-refractivity contribution in [2.24, 2.45) is 0 Å². The average molecular weight is 304 g/mol. The third-order valence-corrected chi connectivity index (χ3v) is 4.52. The van der Waals surface area contributed by atoms with Crippen molar-refractivity contribution in [3.8, 4) is 0 Å². The van der Waals surface area contributed by atoms with Gasteiger partial charge in [-0.15, -0.1) is 0 Å². The highest BCUT2D eigenvalue weighted by atomic mass is 32.2. The Morgan fingerprint density at radius 3 is 2.60 bits per heavy atom. The molecule has 1 aromatic carbocycles. The first-order valence-corrected chi connectivity index (χ1v) is 8.13. The molecule has 7 heteroatoms. The number of nitrogens with one attached hydrogen (secondary N) is 2. The minimum absolute atomic E-state index is 0.188. The predicted octanol–water partition coefficient (Wildman–Crippen LogP) is 1.91. The summed E-state index contributed by atoms with van der Waals surface area (Å²) in [4.78, 5) is -0.626. The molecule has 0 bridgehead atoms. The largest absolute Gasteiger partial charge is 0.310 e. The van der Waals surface area contributed by atoms with Crippen LogP contribution in [0.25, 0.3) is 0 Å². The van der Waals surface area contributed by atoms with E-state index in [4.69, 9.17) is 0 Å². The molecular formula is C13H18F2N2O2S. The number of rotatable bonds is 7. The topological polar surface area (TPSA) is 58.2 Å². The molecule has 1 aliphatic rings. The van der Waals surface area contributed by atoms with Gasteiger partial charge >= 0.3 is 0 Å². The molecule has 2 N–H and O–H groups in total. The molecule has 112 valence electrons. The molecule has 0 spiro atoms. The maximum atomic E-state index is 13.7. The van der Waals surface area contributed by atoms with Crippen molar-refractivity contribution in [1.82, 2.24) is 10.0 Å². The zero-order valence-electron chi connectivity index (χ0n) is 11.2. The van der Waals surface area contributed by atoms with Crippen molar-refractivity contribution in [2.75, 3.05) is 6.54 Å². The average Bonchev–Trinajstić information content (AvgIpc) is 3.21. The Morgan fingerprint density at radius 2 is 2.00 bits per heavy atom. The summed E-state index contributed by atoms with van der Waals surface area (Å²) in [6, 6.07) is 2.62. The van der Waals surface area contributed by atoms with Crippen molar-refractivity contribution in [2.45, 2.75) is 43.7 Å². The molecule has 20 heavy (non-hydrogen) atoms. The van der Waals surface area contributed by atoms with E-state index in [0.717, 1.165) is 18.9 Å². The molecule has 1 aromatic rings. The molecule has 1 aliphatic carbocycles. The Morgan fingerprint density at radius 1 is 1.30 bits per heavy atom. The van der Waals surface area contributed by atoms with Gasteiger partial charge < -0.3 is 5.32 Å². The lowest BCUT2D eigenvalue weighted by Gasteiger charge is -2.10. The van der Waals surface area contributed by atoms with Crippen molar-refractivity contribution < 1.29 is 17.2 Å². The van der Waals surface area contributed by atoms with Gasteiger partial charge in [-0.3, -0.25) is 0 Å². The van der Waals surface area contributed by atoms with E-state index in [-0.39, 0.29) is 6.54 Å². The van der Waals surface area contributed by atoms with Gasteiger partial charge in [0.15, 0.2) is 11.6 Å². The first-order chi connectivity index (χ1) is 9.44. The van der Waals surface area contributed by atoms with Crippen molar-refractivity contribution in [3.63, 3.8) is 0 Å². The third-order valence-electron chi connectivity index (χ3n) is 3.06. The minimum Gasteiger partial charge on any atom is -0.310 e. The fourth-order valence-electron chi connectivity index (χ4n) is 1.78. The van der Waals surface area contributed by atoms with Gasteiger partial charge in [0.05, 0.1) is 0 Å². The fraction of sp³-hybridized carbons (Fsp3) is 0.538. The summed E-state index contributed by atoms with van der Waals surface area (Å²) in [7, 11) is -4.01. The van der Waals surface area contributed by atoms with Crippen LogP contribution in [0.1, 0.15) is 31.7 Å². The Bertz CT molecular complexity index is 586. The van der Waals surface area contributed by atoms with Gasteiger partial charge in [0, 0.05) is 19.1 Å².